The number of unbranched alkanes of at least 4 members (excludes halogenated alkanes) is 2. The lowest BCUT2D eigenvalue weighted by molar-refractivity contribution is -0.165. The van der Waals surface area contributed by atoms with Crippen LogP contribution < -0.4 is 0 Å². The highest BCUT2D eigenvalue weighted by Gasteiger charge is 2.43. The van der Waals surface area contributed by atoms with Gasteiger partial charge in [0.25, 0.3) is 0 Å². The number of hydrogen-bond acceptors (Lipinski definition) is 4. The van der Waals surface area contributed by atoms with Crippen LogP contribution in [0.25, 0.3) is 0 Å². The molecule has 0 aliphatic heterocycles. The third kappa shape index (κ3) is 9.29. The largest absolute Gasteiger partial charge is 0.466 e. The van der Waals surface area contributed by atoms with Gasteiger partial charge in [-0.2, -0.15) is 0 Å². The molecule has 0 saturated heterocycles. The van der Waals surface area contributed by atoms with Crippen molar-refractivity contribution in [2.24, 2.45) is 17.3 Å². The summed E-state index contributed by atoms with van der Waals surface area (Å²) in [4.78, 5) is 25.1. The van der Waals surface area contributed by atoms with E-state index in [0.717, 1.165) is 25.7 Å². The molecule has 142 valence electrons. The molecule has 0 aromatic heterocycles. The summed E-state index contributed by atoms with van der Waals surface area (Å²) >= 11 is 0. The summed E-state index contributed by atoms with van der Waals surface area (Å²) in [6.07, 6.45) is 5.10. The molecule has 0 unspecified atom stereocenters. The molecule has 4 nitrogen and oxygen atoms in total. The van der Waals surface area contributed by atoms with Crippen molar-refractivity contribution in [1.82, 2.24) is 0 Å². The first kappa shape index (κ1) is 22.9. The highest BCUT2D eigenvalue weighted by Crippen LogP contribution is 2.39. The fourth-order valence-electron chi connectivity index (χ4n) is 3.15. The summed E-state index contributed by atoms with van der Waals surface area (Å²) in [7, 11) is 0. The first-order valence-corrected chi connectivity index (χ1v) is 9.60. The Bertz CT molecular complexity index is 351. The Hall–Kier alpha value is -1.06. The zero-order chi connectivity index (χ0) is 18.6. The van der Waals surface area contributed by atoms with Crippen molar-refractivity contribution in [1.29, 1.82) is 0 Å². The minimum Gasteiger partial charge on any atom is -0.466 e. The van der Waals surface area contributed by atoms with Crippen molar-refractivity contribution in [3.63, 3.8) is 0 Å². The average molecular weight is 343 g/mol. The fourth-order valence-corrected chi connectivity index (χ4v) is 3.15. The number of esters is 2. The predicted octanol–water partition coefficient (Wildman–Crippen LogP) is 5.14. The van der Waals surface area contributed by atoms with E-state index in [4.69, 9.17) is 9.47 Å². The van der Waals surface area contributed by atoms with Gasteiger partial charge in [0.05, 0.1) is 25.0 Å². The van der Waals surface area contributed by atoms with Gasteiger partial charge in [0.15, 0.2) is 0 Å². The summed E-state index contributed by atoms with van der Waals surface area (Å²) in [6.45, 7) is 13.3. The minimum absolute atomic E-state index is 0.123. The van der Waals surface area contributed by atoms with Crippen LogP contribution in [0.15, 0.2) is 0 Å². The van der Waals surface area contributed by atoms with Gasteiger partial charge in [-0.25, -0.2) is 0 Å². The Morgan fingerprint density at radius 2 is 1.29 bits per heavy atom. The van der Waals surface area contributed by atoms with Crippen molar-refractivity contribution in [3.05, 3.63) is 0 Å². The molecule has 0 aliphatic carbocycles. The monoisotopic (exact) mass is 342 g/mol. The summed E-state index contributed by atoms with van der Waals surface area (Å²) in [5.41, 5.74) is -0.765. The molecule has 0 heterocycles. The Morgan fingerprint density at radius 3 is 1.71 bits per heavy atom. The van der Waals surface area contributed by atoms with Crippen LogP contribution in [0.5, 0.6) is 0 Å². The second-order valence-electron chi connectivity index (χ2n) is 7.72. The van der Waals surface area contributed by atoms with Gasteiger partial charge in [-0.1, -0.05) is 54.4 Å². The van der Waals surface area contributed by atoms with Gasteiger partial charge in [0.1, 0.15) is 0 Å². The molecule has 0 saturated carbocycles. The van der Waals surface area contributed by atoms with Crippen molar-refractivity contribution in [2.75, 3.05) is 13.2 Å². The van der Waals surface area contributed by atoms with E-state index in [1.54, 1.807) is 0 Å². The molecule has 0 fully saturated rings. The van der Waals surface area contributed by atoms with Crippen LogP contribution in [-0.4, -0.2) is 25.2 Å². The van der Waals surface area contributed by atoms with Crippen LogP contribution in [0.2, 0.25) is 0 Å². The molecule has 0 rings (SSSR count). The Balaban J connectivity index is 5.17. The highest BCUT2D eigenvalue weighted by molar-refractivity contribution is 5.83. The maximum atomic E-state index is 12.8. The van der Waals surface area contributed by atoms with E-state index in [1.165, 1.54) is 0 Å². The Kier molecular flexibility index (Phi) is 11.8. The van der Waals surface area contributed by atoms with Gasteiger partial charge in [-0.3, -0.25) is 9.59 Å². The quantitative estimate of drug-likeness (QED) is 0.343. The zero-order valence-corrected chi connectivity index (χ0v) is 16.7. The average Bonchev–Trinajstić information content (AvgIpc) is 2.46. The number of carbonyl (C=O) groups excluding carboxylic acids is 2. The van der Waals surface area contributed by atoms with Crippen LogP contribution >= 0.6 is 0 Å². The zero-order valence-electron chi connectivity index (χ0n) is 16.7. The lowest BCUT2D eigenvalue weighted by atomic mass is 9.72. The van der Waals surface area contributed by atoms with Gasteiger partial charge >= 0.3 is 11.9 Å². The van der Waals surface area contributed by atoms with Crippen molar-refractivity contribution in [2.45, 2.75) is 86.5 Å². The predicted molar refractivity (Wildman–Crippen MR) is 97.7 cm³/mol. The van der Waals surface area contributed by atoms with E-state index in [2.05, 4.69) is 41.5 Å². The lowest BCUT2D eigenvalue weighted by Crippen LogP contribution is -2.38. The molecule has 0 spiro atoms. The van der Waals surface area contributed by atoms with Crippen molar-refractivity contribution >= 4 is 11.9 Å². The van der Waals surface area contributed by atoms with E-state index in [-0.39, 0.29) is 18.4 Å². The van der Waals surface area contributed by atoms with Gasteiger partial charge in [0, 0.05) is 0 Å². The summed E-state index contributed by atoms with van der Waals surface area (Å²) < 4.78 is 10.9. The van der Waals surface area contributed by atoms with Gasteiger partial charge < -0.3 is 9.47 Å². The van der Waals surface area contributed by atoms with Crippen LogP contribution in [0.4, 0.5) is 0 Å². The van der Waals surface area contributed by atoms with Crippen LogP contribution in [-0.2, 0) is 19.1 Å². The molecule has 0 aromatic carbocycles. The number of hydrogen-bond donors (Lipinski definition) is 0. The van der Waals surface area contributed by atoms with E-state index >= 15 is 0 Å². The third-order valence-electron chi connectivity index (χ3n) is 4.01. The topological polar surface area (TPSA) is 52.6 Å². The first-order chi connectivity index (χ1) is 11.3. The third-order valence-corrected chi connectivity index (χ3v) is 4.01. The smallest absolute Gasteiger partial charge is 0.312 e. The first-order valence-electron chi connectivity index (χ1n) is 9.60. The second-order valence-corrected chi connectivity index (χ2v) is 7.72. The van der Waals surface area contributed by atoms with Crippen molar-refractivity contribution < 1.29 is 19.1 Å². The van der Waals surface area contributed by atoms with Crippen molar-refractivity contribution in [3.8, 4) is 0 Å². The molecule has 24 heavy (non-hydrogen) atoms. The fraction of sp³-hybridized carbons (Fsp3) is 0.900. The Morgan fingerprint density at radius 1 is 0.833 bits per heavy atom. The van der Waals surface area contributed by atoms with E-state index in [1.807, 2.05) is 0 Å². The van der Waals surface area contributed by atoms with Gasteiger partial charge in [-0.15, -0.1) is 0 Å². The van der Waals surface area contributed by atoms with E-state index < -0.39 is 5.41 Å². The molecule has 0 aliphatic rings. The number of carbonyl (C=O) groups is 2. The molecule has 0 N–H and O–H groups in total. The van der Waals surface area contributed by atoms with Gasteiger partial charge in [0.2, 0.25) is 0 Å². The normalized spacial score (nSPS) is 11.8. The number of rotatable bonds is 13. The van der Waals surface area contributed by atoms with E-state index in [0.29, 0.717) is 37.9 Å². The van der Waals surface area contributed by atoms with Crippen LogP contribution in [0, 0.1) is 17.3 Å². The van der Waals surface area contributed by atoms with Crippen LogP contribution in [0.1, 0.15) is 86.5 Å². The molecule has 0 radical (unpaired) electrons. The maximum Gasteiger partial charge on any atom is 0.312 e. The molecule has 0 aromatic rings. The molecule has 0 amide bonds. The van der Waals surface area contributed by atoms with Crippen LogP contribution in [0.3, 0.4) is 0 Å². The molecule has 0 atom stereocenters. The molecular weight excluding hydrogens is 304 g/mol. The lowest BCUT2D eigenvalue weighted by Gasteiger charge is -2.33. The maximum absolute atomic E-state index is 12.8. The second kappa shape index (κ2) is 12.3. The summed E-state index contributed by atoms with van der Waals surface area (Å²) in [6, 6.07) is 0. The molecule has 0 bridgehead atoms. The standard InChI is InChI=1S/C20H38O4/c1-7-9-11-23-18(21)15-20(13-16(3)4,14-17(5)6)19(22)24-12-10-8-2/h16-17H,7-15H2,1-6H3. The summed E-state index contributed by atoms with van der Waals surface area (Å²) in [5.74, 6) is 0.111. The minimum atomic E-state index is -0.765. The van der Waals surface area contributed by atoms with E-state index in [9.17, 15) is 9.59 Å². The highest BCUT2D eigenvalue weighted by atomic mass is 16.5. The number of ether oxygens (including phenoxy) is 2. The van der Waals surface area contributed by atoms with Gasteiger partial charge in [-0.05, 0) is 37.5 Å². The SMILES string of the molecule is CCCCOC(=O)CC(CC(C)C)(CC(C)C)C(=O)OCCCC. The molecule has 4 heteroatoms. The molecular formula is C20H38O4. The Labute approximate surface area is 148 Å². The summed E-state index contributed by atoms with van der Waals surface area (Å²) in [5, 5.41) is 0.